The van der Waals surface area contributed by atoms with Gasteiger partial charge in [0.15, 0.2) is 0 Å². The zero-order valence-electron chi connectivity index (χ0n) is 10.7. The van der Waals surface area contributed by atoms with E-state index in [9.17, 15) is 8.42 Å². The van der Waals surface area contributed by atoms with Gasteiger partial charge in [-0.25, -0.2) is 0 Å². The third-order valence-corrected chi connectivity index (χ3v) is 3.60. The standard InChI is InChI=1S/C13H17NO4S.Na.H/c1-10-8-11-9-12(4-5-13(11)14-10)18-6-2-3-7-19(15,16)17;;/h4-5,8-9,14H,2-3,6-7H2,1H3,(H,15,16,17);;. The van der Waals surface area contributed by atoms with E-state index in [1.54, 1.807) is 0 Å². The number of aromatic nitrogens is 1. The molecule has 0 spiro atoms. The molecule has 2 N–H and O–H groups in total. The van der Waals surface area contributed by atoms with E-state index in [1.807, 2.05) is 31.2 Å². The summed E-state index contributed by atoms with van der Waals surface area (Å²) in [6.45, 7) is 2.43. The number of aromatic amines is 1. The van der Waals surface area contributed by atoms with E-state index in [0.29, 0.717) is 19.4 Å². The molecule has 106 valence electrons. The molecule has 1 aromatic carbocycles. The molecule has 0 aliphatic heterocycles. The van der Waals surface area contributed by atoms with Crippen molar-refractivity contribution in [1.82, 2.24) is 4.98 Å². The van der Waals surface area contributed by atoms with Crippen LogP contribution in [0.1, 0.15) is 18.5 Å². The van der Waals surface area contributed by atoms with Crippen molar-refractivity contribution in [2.75, 3.05) is 12.4 Å². The summed E-state index contributed by atoms with van der Waals surface area (Å²) in [4.78, 5) is 3.23. The number of nitrogens with one attached hydrogen (secondary N) is 1. The number of hydrogen-bond acceptors (Lipinski definition) is 3. The van der Waals surface area contributed by atoms with Crippen LogP contribution in [0.5, 0.6) is 5.75 Å². The van der Waals surface area contributed by atoms with Gasteiger partial charge in [-0.3, -0.25) is 4.55 Å². The number of fused-ring (bicyclic) bond motifs is 1. The van der Waals surface area contributed by atoms with E-state index in [2.05, 4.69) is 4.98 Å². The third-order valence-electron chi connectivity index (χ3n) is 2.79. The Morgan fingerprint density at radius 1 is 1.25 bits per heavy atom. The van der Waals surface area contributed by atoms with Crippen molar-refractivity contribution in [2.45, 2.75) is 19.8 Å². The molecule has 5 nitrogen and oxygen atoms in total. The number of benzene rings is 1. The maximum absolute atomic E-state index is 10.5. The number of H-pyrrole nitrogens is 1. The summed E-state index contributed by atoms with van der Waals surface area (Å²) in [5.41, 5.74) is 2.16. The first-order valence-corrected chi connectivity index (χ1v) is 7.72. The first-order valence-electron chi connectivity index (χ1n) is 6.11. The summed E-state index contributed by atoms with van der Waals surface area (Å²) in [5, 5.41) is 1.09. The number of hydrogen-bond donors (Lipinski definition) is 2. The average Bonchev–Trinajstić information content (AvgIpc) is 2.66. The molecule has 0 amide bonds. The Morgan fingerprint density at radius 3 is 2.70 bits per heavy atom. The van der Waals surface area contributed by atoms with Crippen LogP contribution in [0.25, 0.3) is 10.9 Å². The van der Waals surface area contributed by atoms with Crippen LogP contribution < -0.4 is 4.74 Å². The molecular formula is C13H18NNaO4S. The Morgan fingerprint density at radius 2 is 2.00 bits per heavy atom. The number of unbranched alkanes of at least 4 members (excludes halogenated alkanes) is 1. The monoisotopic (exact) mass is 307 g/mol. The zero-order valence-corrected chi connectivity index (χ0v) is 11.5. The second-order valence-electron chi connectivity index (χ2n) is 4.54. The molecule has 20 heavy (non-hydrogen) atoms. The Balaban J connectivity index is 0.00000200. The molecule has 0 radical (unpaired) electrons. The number of ether oxygens (including phenoxy) is 1. The van der Waals surface area contributed by atoms with Crippen molar-refractivity contribution in [3.8, 4) is 5.75 Å². The summed E-state index contributed by atoms with van der Waals surface area (Å²) in [6, 6.07) is 7.82. The van der Waals surface area contributed by atoms with Gasteiger partial charge >= 0.3 is 29.6 Å². The van der Waals surface area contributed by atoms with E-state index >= 15 is 0 Å². The molecule has 0 saturated carbocycles. The molecule has 1 heterocycles. The molecule has 0 bridgehead atoms. The minimum absolute atomic E-state index is 0. The van der Waals surface area contributed by atoms with Gasteiger partial charge in [0.25, 0.3) is 10.1 Å². The maximum atomic E-state index is 10.5. The van der Waals surface area contributed by atoms with Gasteiger partial charge in [0.1, 0.15) is 5.75 Å². The van der Waals surface area contributed by atoms with Crippen LogP contribution in [-0.4, -0.2) is 59.9 Å². The topological polar surface area (TPSA) is 79.4 Å². The van der Waals surface area contributed by atoms with Crippen LogP contribution in [0.2, 0.25) is 0 Å². The second-order valence-corrected chi connectivity index (χ2v) is 6.12. The first kappa shape index (κ1) is 17.5. The normalized spacial score (nSPS) is 11.3. The van der Waals surface area contributed by atoms with Gasteiger partial charge in [0.2, 0.25) is 0 Å². The summed E-state index contributed by atoms with van der Waals surface area (Å²) in [6.07, 6.45) is 0.980. The van der Waals surface area contributed by atoms with Crippen LogP contribution in [-0.2, 0) is 10.1 Å². The Hall–Kier alpha value is -0.530. The predicted octanol–water partition coefficient (Wildman–Crippen LogP) is 1.87. The van der Waals surface area contributed by atoms with Crippen LogP contribution in [0.3, 0.4) is 0 Å². The molecule has 0 atom stereocenters. The summed E-state index contributed by atoms with van der Waals surface area (Å²) >= 11 is 0. The van der Waals surface area contributed by atoms with Crippen LogP contribution in [0.4, 0.5) is 0 Å². The Labute approximate surface area is 140 Å². The Kier molecular flexibility index (Phi) is 6.54. The van der Waals surface area contributed by atoms with Crippen LogP contribution >= 0.6 is 0 Å². The van der Waals surface area contributed by atoms with Crippen molar-refractivity contribution < 1.29 is 17.7 Å². The quantitative estimate of drug-likeness (QED) is 0.485. The molecule has 1 aromatic heterocycles. The fourth-order valence-corrected chi connectivity index (χ4v) is 2.49. The summed E-state index contributed by atoms with van der Waals surface area (Å²) in [5.74, 6) is 0.546. The second kappa shape index (κ2) is 7.47. The van der Waals surface area contributed by atoms with Crippen molar-refractivity contribution in [2.24, 2.45) is 0 Å². The minimum atomic E-state index is -3.85. The van der Waals surface area contributed by atoms with E-state index in [4.69, 9.17) is 9.29 Å². The van der Waals surface area contributed by atoms with Gasteiger partial charge in [-0.15, -0.1) is 0 Å². The van der Waals surface area contributed by atoms with Gasteiger partial charge < -0.3 is 9.72 Å². The first-order chi connectivity index (χ1) is 8.94. The molecule has 0 aliphatic carbocycles. The van der Waals surface area contributed by atoms with Gasteiger partial charge in [0, 0.05) is 16.6 Å². The summed E-state index contributed by atoms with van der Waals surface area (Å²) < 4.78 is 35.2. The van der Waals surface area contributed by atoms with Crippen molar-refractivity contribution in [3.63, 3.8) is 0 Å². The number of rotatable bonds is 6. The van der Waals surface area contributed by atoms with E-state index in [1.165, 1.54) is 0 Å². The molecule has 2 rings (SSSR count). The van der Waals surface area contributed by atoms with Crippen molar-refractivity contribution >= 4 is 50.6 Å². The fraction of sp³-hybridized carbons (Fsp3) is 0.385. The molecular weight excluding hydrogens is 289 g/mol. The SMILES string of the molecule is Cc1cc2cc(OCCCCS(=O)(=O)O)ccc2[nH]1.[NaH]. The van der Waals surface area contributed by atoms with E-state index in [0.717, 1.165) is 22.3 Å². The zero-order chi connectivity index (χ0) is 13.9. The van der Waals surface area contributed by atoms with Crippen LogP contribution in [0, 0.1) is 6.92 Å². The Bertz CT molecular complexity index is 666. The molecule has 7 heteroatoms. The van der Waals surface area contributed by atoms with E-state index < -0.39 is 10.1 Å². The van der Waals surface area contributed by atoms with Crippen molar-refractivity contribution in [3.05, 3.63) is 30.0 Å². The fourth-order valence-electron chi connectivity index (χ4n) is 1.92. The van der Waals surface area contributed by atoms with E-state index in [-0.39, 0.29) is 35.3 Å². The van der Waals surface area contributed by atoms with Gasteiger partial charge in [-0.05, 0) is 44.0 Å². The molecule has 0 unspecified atom stereocenters. The third kappa shape index (κ3) is 5.46. The summed E-state index contributed by atoms with van der Waals surface area (Å²) in [7, 11) is -3.85. The van der Waals surface area contributed by atoms with Gasteiger partial charge in [-0.2, -0.15) is 8.42 Å². The molecule has 0 fully saturated rings. The predicted molar refractivity (Wildman–Crippen MR) is 81.3 cm³/mol. The van der Waals surface area contributed by atoms with Gasteiger partial charge in [0.05, 0.1) is 12.4 Å². The molecule has 2 aromatic rings. The molecule has 0 saturated heterocycles. The van der Waals surface area contributed by atoms with Gasteiger partial charge in [-0.1, -0.05) is 0 Å². The molecule has 0 aliphatic rings. The van der Waals surface area contributed by atoms with Crippen LogP contribution in [0.15, 0.2) is 24.3 Å². The van der Waals surface area contributed by atoms with Crippen molar-refractivity contribution in [1.29, 1.82) is 0 Å². The number of aryl methyl sites for hydroxylation is 1. The average molecular weight is 307 g/mol.